The molecule has 0 saturated carbocycles. The molecule has 1 heterocycles. The molecule has 0 aliphatic rings. The summed E-state index contributed by atoms with van der Waals surface area (Å²) in [6.07, 6.45) is 0.0645. The van der Waals surface area contributed by atoms with Crippen molar-refractivity contribution in [1.82, 2.24) is 14.9 Å². The van der Waals surface area contributed by atoms with Crippen molar-refractivity contribution in [3.05, 3.63) is 12.2 Å². The number of carbonyl (C=O) groups excluding carboxylic acids is 1. The topological polar surface area (TPSA) is 74.1 Å². The van der Waals surface area contributed by atoms with Crippen molar-refractivity contribution in [1.29, 1.82) is 0 Å². The van der Waals surface area contributed by atoms with Crippen molar-refractivity contribution < 1.29 is 9.90 Å². The van der Waals surface area contributed by atoms with Gasteiger partial charge in [-0.15, -0.1) is 10.2 Å². The van der Waals surface area contributed by atoms with Gasteiger partial charge < -0.3 is 9.90 Å². The Morgan fingerprint density at radius 1 is 1.83 bits per heavy atom. The Morgan fingerprint density at radius 2 is 2.50 bits per heavy atom. The van der Waals surface area contributed by atoms with Crippen LogP contribution in [0.5, 0.6) is 0 Å². The highest BCUT2D eigenvalue weighted by molar-refractivity contribution is 5.73. The Bertz CT molecular complexity index is 283. The van der Waals surface area contributed by atoms with E-state index >= 15 is 0 Å². The minimum absolute atomic E-state index is 0.307. The SMILES string of the molecule is CCN(C(=O)[O-])n1cnnc1C. The molecule has 1 amide bonds. The predicted octanol–water partition coefficient (Wildman–Crippen LogP) is -1.11. The number of carbonyl (C=O) groups is 1. The summed E-state index contributed by atoms with van der Waals surface area (Å²) in [5, 5.41) is 18.7. The Labute approximate surface area is 69.4 Å². The van der Waals surface area contributed by atoms with Gasteiger partial charge in [0.05, 0.1) is 0 Å². The highest BCUT2D eigenvalue weighted by atomic mass is 16.4. The fourth-order valence-electron chi connectivity index (χ4n) is 0.894. The lowest BCUT2D eigenvalue weighted by atomic mass is 10.7. The zero-order valence-electron chi connectivity index (χ0n) is 6.89. The van der Waals surface area contributed by atoms with E-state index in [4.69, 9.17) is 0 Å². The van der Waals surface area contributed by atoms with Crippen molar-refractivity contribution in [3.63, 3.8) is 0 Å². The number of aromatic nitrogens is 3. The maximum Gasteiger partial charge on any atom is 0.157 e. The van der Waals surface area contributed by atoms with Crippen LogP contribution in [0.2, 0.25) is 0 Å². The summed E-state index contributed by atoms with van der Waals surface area (Å²) in [6, 6.07) is 0. The molecule has 66 valence electrons. The second-order valence-electron chi connectivity index (χ2n) is 2.20. The molecule has 1 aromatic heterocycles. The molecule has 0 spiro atoms. The molecule has 12 heavy (non-hydrogen) atoms. The number of hydrogen-bond acceptors (Lipinski definition) is 4. The Hall–Kier alpha value is -1.59. The van der Waals surface area contributed by atoms with Crippen molar-refractivity contribution in [2.45, 2.75) is 13.8 Å². The highest BCUT2D eigenvalue weighted by Gasteiger charge is 2.06. The number of aryl methyl sites for hydroxylation is 1. The molecule has 1 rings (SSSR count). The van der Waals surface area contributed by atoms with Crippen molar-refractivity contribution in [2.24, 2.45) is 0 Å². The third kappa shape index (κ3) is 1.36. The summed E-state index contributed by atoms with van der Waals surface area (Å²) in [4.78, 5) is 10.5. The molecule has 0 radical (unpaired) electrons. The van der Waals surface area contributed by atoms with Crippen molar-refractivity contribution in [3.8, 4) is 0 Å². The molecule has 1 aromatic rings. The van der Waals surface area contributed by atoms with Crippen molar-refractivity contribution >= 4 is 6.09 Å². The van der Waals surface area contributed by atoms with Gasteiger partial charge in [-0.25, -0.2) is 4.68 Å². The van der Waals surface area contributed by atoms with E-state index in [-0.39, 0.29) is 0 Å². The van der Waals surface area contributed by atoms with E-state index in [0.29, 0.717) is 12.4 Å². The Morgan fingerprint density at radius 3 is 2.83 bits per heavy atom. The molecule has 0 bridgehead atoms. The number of carboxylic acid groups (broad SMARTS) is 1. The van der Waals surface area contributed by atoms with E-state index in [2.05, 4.69) is 10.2 Å². The maximum atomic E-state index is 10.5. The first-order valence-corrected chi connectivity index (χ1v) is 3.52. The van der Waals surface area contributed by atoms with Gasteiger partial charge in [-0.05, 0) is 13.8 Å². The number of rotatable bonds is 2. The number of nitrogens with zero attached hydrogens (tertiary/aromatic N) is 4. The molecule has 0 aliphatic heterocycles. The summed E-state index contributed by atoms with van der Waals surface area (Å²) in [6.45, 7) is 3.68. The van der Waals surface area contributed by atoms with E-state index in [0.717, 1.165) is 5.01 Å². The average Bonchev–Trinajstić information content (AvgIpc) is 2.38. The average molecular weight is 169 g/mol. The number of hydrogen-bond donors (Lipinski definition) is 0. The van der Waals surface area contributed by atoms with Crippen molar-refractivity contribution in [2.75, 3.05) is 11.6 Å². The van der Waals surface area contributed by atoms with Crippen LogP contribution in [-0.2, 0) is 0 Å². The van der Waals surface area contributed by atoms with Crippen LogP contribution < -0.4 is 10.1 Å². The van der Waals surface area contributed by atoms with E-state index in [1.165, 1.54) is 11.0 Å². The van der Waals surface area contributed by atoms with Crippen LogP contribution in [0, 0.1) is 6.92 Å². The maximum absolute atomic E-state index is 10.5. The zero-order valence-corrected chi connectivity index (χ0v) is 6.89. The first kappa shape index (κ1) is 8.51. The van der Waals surface area contributed by atoms with E-state index in [1.807, 2.05) is 0 Å². The molecular formula is C6H9N4O2-. The van der Waals surface area contributed by atoms with Crippen LogP contribution in [0.3, 0.4) is 0 Å². The fraction of sp³-hybridized carbons (Fsp3) is 0.500. The lowest BCUT2D eigenvalue weighted by molar-refractivity contribution is -0.248. The molecule has 0 atom stereocenters. The monoisotopic (exact) mass is 169 g/mol. The Kier molecular flexibility index (Phi) is 2.27. The molecular weight excluding hydrogens is 160 g/mol. The van der Waals surface area contributed by atoms with Crippen LogP contribution in [0.25, 0.3) is 0 Å². The first-order valence-electron chi connectivity index (χ1n) is 3.52. The van der Waals surface area contributed by atoms with Crippen LogP contribution >= 0.6 is 0 Å². The minimum Gasteiger partial charge on any atom is -0.529 e. The van der Waals surface area contributed by atoms with Gasteiger partial charge >= 0.3 is 0 Å². The minimum atomic E-state index is -1.26. The lowest BCUT2D eigenvalue weighted by Crippen LogP contribution is -2.48. The summed E-state index contributed by atoms with van der Waals surface area (Å²) >= 11 is 0. The van der Waals surface area contributed by atoms with Gasteiger partial charge in [-0.1, -0.05) is 0 Å². The molecule has 0 fully saturated rings. The molecule has 0 aliphatic carbocycles. The first-order chi connectivity index (χ1) is 5.66. The normalized spacial score (nSPS) is 9.83. The molecule has 0 aromatic carbocycles. The third-order valence-corrected chi connectivity index (χ3v) is 1.47. The quantitative estimate of drug-likeness (QED) is 0.562. The van der Waals surface area contributed by atoms with Gasteiger partial charge in [0.15, 0.2) is 6.09 Å². The largest absolute Gasteiger partial charge is 0.529 e. The van der Waals surface area contributed by atoms with Gasteiger partial charge in [0.25, 0.3) is 0 Å². The standard InChI is InChI=1S/C6H10N4O2/c1-3-9(6(11)12)10-4-7-8-5(10)2/h4H,3H2,1-2H3,(H,11,12)/p-1. The smallest absolute Gasteiger partial charge is 0.157 e. The molecule has 6 nitrogen and oxygen atoms in total. The van der Waals surface area contributed by atoms with E-state index in [9.17, 15) is 9.90 Å². The number of amides is 1. The Balaban J connectivity index is 2.94. The summed E-state index contributed by atoms with van der Waals surface area (Å²) in [5.41, 5.74) is 0. The fourth-order valence-corrected chi connectivity index (χ4v) is 0.894. The molecule has 0 N–H and O–H groups in total. The second kappa shape index (κ2) is 3.21. The van der Waals surface area contributed by atoms with Crippen LogP contribution in [-0.4, -0.2) is 27.5 Å². The highest BCUT2D eigenvalue weighted by Crippen LogP contribution is 1.94. The summed E-state index contributed by atoms with van der Waals surface area (Å²) in [5.74, 6) is 0.515. The van der Waals surface area contributed by atoms with Crippen LogP contribution in [0.4, 0.5) is 4.79 Å². The van der Waals surface area contributed by atoms with E-state index < -0.39 is 6.09 Å². The van der Waals surface area contributed by atoms with Crippen LogP contribution in [0.15, 0.2) is 6.33 Å². The molecule has 6 heteroatoms. The van der Waals surface area contributed by atoms with Gasteiger partial charge in [-0.3, -0.25) is 5.01 Å². The van der Waals surface area contributed by atoms with Gasteiger partial charge in [-0.2, -0.15) is 0 Å². The van der Waals surface area contributed by atoms with Gasteiger partial charge in [0.2, 0.25) is 0 Å². The predicted molar refractivity (Wildman–Crippen MR) is 38.9 cm³/mol. The van der Waals surface area contributed by atoms with Gasteiger partial charge in [0, 0.05) is 6.54 Å². The molecule has 0 unspecified atom stereocenters. The van der Waals surface area contributed by atoms with E-state index in [1.54, 1.807) is 13.8 Å². The van der Waals surface area contributed by atoms with Crippen LogP contribution in [0.1, 0.15) is 12.7 Å². The third-order valence-electron chi connectivity index (χ3n) is 1.47. The zero-order chi connectivity index (χ0) is 9.14. The van der Waals surface area contributed by atoms with Gasteiger partial charge in [0.1, 0.15) is 12.2 Å². The second-order valence-corrected chi connectivity index (χ2v) is 2.20. The summed E-state index contributed by atoms with van der Waals surface area (Å²) < 4.78 is 1.33. The molecule has 0 saturated heterocycles. The summed E-state index contributed by atoms with van der Waals surface area (Å²) in [7, 11) is 0. The lowest BCUT2D eigenvalue weighted by Gasteiger charge is -2.24.